The number of hydroxylamine groups is 1. The van der Waals surface area contributed by atoms with Gasteiger partial charge in [0.05, 0.1) is 11.1 Å². The topological polar surface area (TPSA) is 123 Å². The Morgan fingerprint density at radius 2 is 1.97 bits per heavy atom. The summed E-state index contributed by atoms with van der Waals surface area (Å²) >= 11 is 0. The first kappa shape index (κ1) is 22.2. The van der Waals surface area contributed by atoms with Crippen LogP contribution < -0.4 is 16.1 Å². The molecule has 0 bridgehead atoms. The fraction of sp³-hybridized carbons (Fsp3) is 0.318. The molecule has 164 valence electrons. The Kier molecular flexibility index (Phi) is 6.86. The summed E-state index contributed by atoms with van der Waals surface area (Å²) < 4.78 is 13.7. The molecule has 0 saturated heterocycles. The number of halogens is 1. The van der Waals surface area contributed by atoms with Crippen LogP contribution in [-0.4, -0.2) is 34.5 Å². The number of aryl methyl sites for hydroxylation is 1. The molecule has 1 aliphatic heterocycles. The molecule has 1 aromatic carbocycles. The van der Waals surface area contributed by atoms with Crippen molar-refractivity contribution in [3.8, 4) is 0 Å². The van der Waals surface area contributed by atoms with E-state index in [1.165, 1.54) is 18.2 Å². The first-order valence-corrected chi connectivity index (χ1v) is 10.0. The zero-order chi connectivity index (χ0) is 22.5. The van der Waals surface area contributed by atoms with Crippen molar-refractivity contribution in [1.82, 2.24) is 15.8 Å². The molecule has 3 rings (SSSR count). The van der Waals surface area contributed by atoms with Gasteiger partial charge in [0.15, 0.2) is 0 Å². The number of benzene rings is 1. The summed E-state index contributed by atoms with van der Waals surface area (Å²) in [6, 6.07) is 4.11. The first-order chi connectivity index (χ1) is 14.8. The SMILES string of the molecule is Cc1[nH]c(C=C2C(=O)Nc3ccc(F)cc32)c(C)c1C(=O)NCCCCCC(=O)NO. The van der Waals surface area contributed by atoms with Crippen LogP contribution in [0.1, 0.15) is 58.6 Å². The normalized spacial score (nSPS) is 13.8. The van der Waals surface area contributed by atoms with Gasteiger partial charge in [-0.1, -0.05) is 6.42 Å². The van der Waals surface area contributed by atoms with Gasteiger partial charge < -0.3 is 15.6 Å². The van der Waals surface area contributed by atoms with E-state index in [1.807, 2.05) is 0 Å². The molecule has 0 fully saturated rings. The minimum absolute atomic E-state index is 0.230. The Morgan fingerprint density at radius 1 is 1.19 bits per heavy atom. The summed E-state index contributed by atoms with van der Waals surface area (Å²) in [6.07, 6.45) is 3.92. The molecule has 0 saturated carbocycles. The van der Waals surface area contributed by atoms with E-state index in [0.29, 0.717) is 58.7 Å². The lowest BCUT2D eigenvalue weighted by atomic mass is 10.0. The Balaban J connectivity index is 1.68. The number of aromatic amines is 1. The Morgan fingerprint density at radius 3 is 2.71 bits per heavy atom. The van der Waals surface area contributed by atoms with Gasteiger partial charge in [-0.05, 0) is 56.5 Å². The van der Waals surface area contributed by atoms with Crippen molar-refractivity contribution in [2.45, 2.75) is 39.5 Å². The van der Waals surface area contributed by atoms with Gasteiger partial charge in [-0.25, -0.2) is 9.87 Å². The number of nitrogens with one attached hydrogen (secondary N) is 4. The number of anilines is 1. The van der Waals surface area contributed by atoms with Gasteiger partial charge in [-0.15, -0.1) is 0 Å². The maximum absolute atomic E-state index is 13.7. The number of H-pyrrole nitrogens is 1. The molecule has 3 amide bonds. The van der Waals surface area contributed by atoms with Gasteiger partial charge >= 0.3 is 0 Å². The predicted molar refractivity (Wildman–Crippen MR) is 114 cm³/mol. The van der Waals surface area contributed by atoms with E-state index in [4.69, 9.17) is 5.21 Å². The van der Waals surface area contributed by atoms with Crippen molar-refractivity contribution < 1.29 is 24.0 Å². The zero-order valence-corrected chi connectivity index (χ0v) is 17.4. The van der Waals surface area contributed by atoms with Crippen LogP contribution >= 0.6 is 0 Å². The molecule has 0 unspecified atom stereocenters. The summed E-state index contributed by atoms with van der Waals surface area (Å²) in [5.74, 6) is -1.41. The van der Waals surface area contributed by atoms with Gasteiger partial charge in [0.2, 0.25) is 5.91 Å². The molecule has 9 heteroatoms. The van der Waals surface area contributed by atoms with Crippen LogP contribution in [0.15, 0.2) is 18.2 Å². The molecule has 0 spiro atoms. The molecule has 0 radical (unpaired) electrons. The van der Waals surface area contributed by atoms with Crippen LogP contribution in [0.2, 0.25) is 0 Å². The van der Waals surface area contributed by atoms with E-state index in [-0.39, 0.29) is 18.2 Å². The molecule has 31 heavy (non-hydrogen) atoms. The van der Waals surface area contributed by atoms with Crippen LogP contribution in [0.3, 0.4) is 0 Å². The Hall–Kier alpha value is -3.46. The number of carbonyl (C=O) groups is 3. The van der Waals surface area contributed by atoms with Crippen LogP contribution in [-0.2, 0) is 9.59 Å². The highest BCUT2D eigenvalue weighted by Crippen LogP contribution is 2.34. The number of amides is 3. The zero-order valence-electron chi connectivity index (χ0n) is 17.4. The second-order valence-electron chi connectivity index (χ2n) is 7.47. The number of rotatable bonds is 8. The number of carbonyl (C=O) groups excluding carboxylic acids is 3. The fourth-order valence-electron chi connectivity index (χ4n) is 3.64. The summed E-state index contributed by atoms with van der Waals surface area (Å²) in [7, 11) is 0. The largest absolute Gasteiger partial charge is 0.358 e. The number of aromatic nitrogens is 1. The molecule has 2 aromatic rings. The minimum atomic E-state index is -0.433. The third-order valence-corrected chi connectivity index (χ3v) is 5.25. The van der Waals surface area contributed by atoms with E-state index >= 15 is 0 Å². The monoisotopic (exact) mass is 428 g/mol. The summed E-state index contributed by atoms with van der Waals surface area (Å²) in [5, 5.41) is 14.0. The maximum Gasteiger partial charge on any atom is 0.256 e. The van der Waals surface area contributed by atoms with E-state index in [2.05, 4.69) is 15.6 Å². The molecule has 5 N–H and O–H groups in total. The van der Waals surface area contributed by atoms with Crippen molar-refractivity contribution in [1.29, 1.82) is 0 Å². The average Bonchev–Trinajstić information content (AvgIpc) is 3.19. The highest BCUT2D eigenvalue weighted by molar-refractivity contribution is 6.34. The molecular formula is C22H25FN4O4. The van der Waals surface area contributed by atoms with Crippen molar-refractivity contribution in [2.24, 2.45) is 0 Å². The van der Waals surface area contributed by atoms with Crippen LogP contribution in [0.5, 0.6) is 0 Å². The number of hydrogen-bond donors (Lipinski definition) is 5. The quantitative estimate of drug-likeness (QED) is 0.192. The lowest BCUT2D eigenvalue weighted by Crippen LogP contribution is -2.25. The highest BCUT2D eigenvalue weighted by Gasteiger charge is 2.26. The molecular weight excluding hydrogens is 403 g/mol. The minimum Gasteiger partial charge on any atom is -0.358 e. The predicted octanol–water partition coefficient (Wildman–Crippen LogP) is 3.06. The van der Waals surface area contributed by atoms with Crippen molar-refractivity contribution in [2.75, 3.05) is 11.9 Å². The summed E-state index contributed by atoms with van der Waals surface area (Å²) in [4.78, 5) is 39.1. The fourth-order valence-corrected chi connectivity index (χ4v) is 3.64. The molecule has 1 aromatic heterocycles. The Labute approximate surface area is 178 Å². The van der Waals surface area contributed by atoms with Gasteiger partial charge in [0, 0.05) is 35.6 Å². The average molecular weight is 428 g/mol. The van der Waals surface area contributed by atoms with Crippen LogP contribution in [0.25, 0.3) is 11.6 Å². The third kappa shape index (κ3) is 5.00. The molecule has 8 nitrogen and oxygen atoms in total. The first-order valence-electron chi connectivity index (χ1n) is 10.0. The molecule has 0 atom stereocenters. The van der Waals surface area contributed by atoms with E-state index in [9.17, 15) is 18.8 Å². The van der Waals surface area contributed by atoms with Gasteiger partial charge in [0.25, 0.3) is 11.8 Å². The van der Waals surface area contributed by atoms with E-state index in [0.717, 1.165) is 6.42 Å². The summed E-state index contributed by atoms with van der Waals surface area (Å²) in [6.45, 7) is 4.02. The van der Waals surface area contributed by atoms with Crippen molar-refractivity contribution in [3.63, 3.8) is 0 Å². The molecule has 2 heterocycles. The van der Waals surface area contributed by atoms with Crippen molar-refractivity contribution in [3.05, 3.63) is 52.1 Å². The lowest BCUT2D eigenvalue weighted by Gasteiger charge is -2.06. The second kappa shape index (κ2) is 9.57. The van der Waals surface area contributed by atoms with Crippen LogP contribution in [0.4, 0.5) is 10.1 Å². The number of hydrogen-bond acceptors (Lipinski definition) is 4. The van der Waals surface area contributed by atoms with Crippen molar-refractivity contribution >= 4 is 35.1 Å². The maximum atomic E-state index is 13.7. The smallest absolute Gasteiger partial charge is 0.256 e. The number of fused-ring (bicyclic) bond motifs is 1. The summed E-state index contributed by atoms with van der Waals surface area (Å²) in [5.41, 5.74) is 5.43. The second-order valence-corrected chi connectivity index (χ2v) is 7.47. The van der Waals surface area contributed by atoms with Gasteiger partial charge in [0.1, 0.15) is 5.82 Å². The standard InChI is InChI=1S/C22H25FN4O4/c1-12-18(11-16-15-10-14(23)7-8-17(15)26-21(16)29)25-13(2)20(12)22(30)24-9-5-3-4-6-19(28)27-31/h7-8,10-11,25,31H,3-6,9H2,1-2H3,(H,24,30)(H,26,29)(H,27,28). The highest BCUT2D eigenvalue weighted by atomic mass is 19.1. The van der Waals surface area contributed by atoms with Gasteiger partial charge in [-0.3, -0.25) is 19.6 Å². The van der Waals surface area contributed by atoms with Gasteiger partial charge in [-0.2, -0.15) is 0 Å². The number of unbranched alkanes of at least 4 members (excludes halogenated alkanes) is 2. The Bertz CT molecular complexity index is 1060. The molecule has 1 aliphatic rings. The molecule has 0 aliphatic carbocycles. The van der Waals surface area contributed by atoms with E-state index in [1.54, 1.807) is 25.4 Å². The third-order valence-electron chi connectivity index (χ3n) is 5.25. The van der Waals surface area contributed by atoms with E-state index < -0.39 is 11.7 Å². The van der Waals surface area contributed by atoms with Crippen LogP contribution in [0, 0.1) is 19.7 Å². The lowest BCUT2D eigenvalue weighted by molar-refractivity contribution is -0.129.